The zero-order chi connectivity index (χ0) is 14.2. The average molecular weight is 269 g/mol. The van der Waals surface area contributed by atoms with Crippen molar-refractivity contribution >= 4 is 12.1 Å². The van der Waals surface area contributed by atoms with Crippen molar-refractivity contribution in [3.63, 3.8) is 0 Å². The van der Waals surface area contributed by atoms with Gasteiger partial charge in [-0.3, -0.25) is 4.90 Å². The topological polar surface area (TPSA) is 55.8 Å². The highest BCUT2D eigenvalue weighted by molar-refractivity contribution is 5.82. The van der Waals surface area contributed by atoms with Crippen LogP contribution in [0.15, 0.2) is 0 Å². The Balaban J connectivity index is 2.09. The molecule has 1 amide bonds. The van der Waals surface area contributed by atoms with Gasteiger partial charge in [0.05, 0.1) is 6.61 Å². The number of ether oxygens (including phenoxy) is 2. The molecule has 2 rings (SSSR count). The van der Waals surface area contributed by atoms with Gasteiger partial charge in [-0.1, -0.05) is 0 Å². The van der Waals surface area contributed by atoms with Gasteiger partial charge in [0.1, 0.15) is 11.6 Å². The Morgan fingerprint density at radius 2 is 1.95 bits per heavy atom. The first-order valence-electron chi connectivity index (χ1n) is 7.01. The van der Waals surface area contributed by atoms with Crippen molar-refractivity contribution in [3.05, 3.63) is 0 Å². The summed E-state index contributed by atoms with van der Waals surface area (Å²) in [5, 5.41) is 0. The third kappa shape index (κ3) is 3.19. The molecular weight excluding hydrogens is 246 g/mol. The molecule has 108 valence electrons. The molecule has 1 heterocycles. The summed E-state index contributed by atoms with van der Waals surface area (Å²) < 4.78 is 10.5. The summed E-state index contributed by atoms with van der Waals surface area (Å²) in [7, 11) is 0. The van der Waals surface area contributed by atoms with Gasteiger partial charge in [0.2, 0.25) is 0 Å². The fourth-order valence-corrected chi connectivity index (χ4v) is 2.67. The lowest BCUT2D eigenvalue weighted by Crippen LogP contribution is -2.51. The molecular formula is C14H23NO4. The van der Waals surface area contributed by atoms with E-state index in [4.69, 9.17) is 9.47 Å². The summed E-state index contributed by atoms with van der Waals surface area (Å²) in [4.78, 5) is 25.8. The monoisotopic (exact) mass is 269 g/mol. The number of amides is 1. The van der Waals surface area contributed by atoms with E-state index in [9.17, 15) is 9.59 Å². The predicted octanol–water partition coefficient (Wildman–Crippen LogP) is 2.34. The van der Waals surface area contributed by atoms with Crippen molar-refractivity contribution in [1.82, 2.24) is 4.90 Å². The van der Waals surface area contributed by atoms with Crippen molar-refractivity contribution in [2.75, 3.05) is 6.61 Å². The summed E-state index contributed by atoms with van der Waals surface area (Å²) in [5.41, 5.74) is -0.544. The summed E-state index contributed by atoms with van der Waals surface area (Å²) in [6.45, 7) is 7.61. The molecule has 0 N–H and O–H groups in total. The molecule has 5 heteroatoms. The van der Waals surface area contributed by atoms with E-state index in [1.807, 2.05) is 20.8 Å². The van der Waals surface area contributed by atoms with Crippen molar-refractivity contribution in [3.8, 4) is 0 Å². The van der Waals surface area contributed by atoms with Crippen LogP contribution in [0.1, 0.15) is 47.0 Å². The van der Waals surface area contributed by atoms with Crippen LogP contribution in [0.5, 0.6) is 0 Å². The molecule has 1 aliphatic carbocycles. The minimum atomic E-state index is -0.544. The number of likely N-dealkylation sites (tertiary alicyclic amines) is 1. The Hall–Kier alpha value is -1.26. The van der Waals surface area contributed by atoms with Gasteiger partial charge in [-0.25, -0.2) is 9.59 Å². The molecule has 0 aromatic heterocycles. The summed E-state index contributed by atoms with van der Waals surface area (Å²) in [6.07, 6.45) is 2.26. The van der Waals surface area contributed by atoms with Crippen molar-refractivity contribution in [1.29, 1.82) is 0 Å². The summed E-state index contributed by atoms with van der Waals surface area (Å²) in [6, 6.07) is -0.309. The van der Waals surface area contributed by atoms with Crippen molar-refractivity contribution in [2.24, 2.45) is 5.92 Å². The molecule has 0 aromatic carbocycles. The number of fused-ring (bicyclic) bond motifs is 1. The van der Waals surface area contributed by atoms with E-state index in [-0.39, 0.29) is 12.0 Å². The van der Waals surface area contributed by atoms with Gasteiger partial charge in [-0.05, 0) is 52.9 Å². The molecule has 2 fully saturated rings. The van der Waals surface area contributed by atoms with E-state index in [0.717, 1.165) is 12.8 Å². The fraction of sp³-hybridized carbons (Fsp3) is 0.857. The van der Waals surface area contributed by atoms with E-state index < -0.39 is 17.7 Å². The van der Waals surface area contributed by atoms with E-state index in [1.165, 1.54) is 0 Å². The first-order chi connectivity index (χ1) is 8.83. The number of carbonyl (C=O) groups excluding carboxylic acids is 2. The number of esters is 1. The van der Waals surface area contributed by atoms with Crippen molar-refractivity contribution < 1.29 is 19.1 Å². The van der Waals surface area contributed by atoms with Crippen LogP contribution in [0, 0.1) is 5.92 Å². The zero-order valence-corrected chi connectivity index (χ0v) is 12.1. The van der Waals surface area contributed by atoms with Crippen LogP contribution in [0.3, 0.4) is 0 Å². The highest BCUT2D eigenvalue weighted by Crippen LogP contribution is 2.46. The molecule has 0 bridgehead atoms. The first-order valence-corrected chi connectivity index (χ1v) is 7.01. The van der Waals surface area contributed by atoms with E-state index in [0.29, 0.717) is 18.9 Å². The van der Waals surface area contributed by atoms with Gasteiger partial charge >= 0.3 is 12.1 Å². The molecule has 0 spiro atoms. The highest BCUT2D eigenvalue weighted by atomic mass is 16.6. The molecule has 1 unspecified atom stereocenters. The zero-order valence-electron chi connectivity index (χ0n) is 12.1. The first kappa shape index (κ1) is 14.2. The molecule has 19 heavy (non-hydrogen) atoms. The molecule has 2 aliphatic rings. The molecule has 0 aromatic rings. The average Bonchev–Trinajstić information content (AvgIpc) is 3.04. The van der Waals surface area contributed by atoms with Crippen LogP contribution < -0.4 is 0 Å². The third-order valence-electron chi connectivity index (χ3n) is 3.55. The maximum atomic E-state index is 12.3. The lowest BCUT2D eigenvalue weighted by Gasteiger charge is -2.35. The molecule has 1 saturated carbocycles. The lowest BCUT2D eigenvalue weighted by atomic mass is 10.0. The highest BCUT2D eigenvalue weighted by Gasteiger charge is 2.53. The number of rotatable bonds is 2. The van der Waals surface area contributed by atoms with E-state index in [2.05, 4.69) is 0 Å². The van der Waals surface area contributed by atoms with E-state index in [1.54, 1.807) is 11.8 Å². The Labute approximate surface area is 114 Å². The predicted molar refractivity (Wildman–Crippen MR) is 69.6 cm³/mol. The van der Waals surface area contributed by atoms with Gasteiger partial charge in [-0.2, -0.15) is 0 Å². The Morgan fingerprint density at radius 1 is 1.26 bits per heavy atom. The SMILES string of the molecule is CCOC(=O)[C@@H]1CC[C@@H]2CC2N1C(=O)OC(C)(C)C. The van der Waals surface area contributed by atoms with Crippen LogP contribution in [-0.2, 0) is 14.3 Å². The molecule has 0 radical (unpaired) electrons. The number of nitrogens with zero attached hydrogens (tertiary/aromatic N) is 1. The van der Waals surface area contributed by atoms with Gasteiger partial charge < -0.3 is 9.47 Å². The fourth-order valence-electron chi connectivity index (χ4n) is 2.67. The van der Waals surface area contributed by atoms with Gasteiger partial charge in [0.25, 0.3) is 0 Å². The van der Waals surface area contributed by atoms with Crippen LogP contribution >= 0.6 is 0 Å². The summed E-state index contributed by atoms with van der Waals surface area (Å²) >= 11 is 0. The lowest BCUT2D eigenvalue weighted by molar-refractivity contribution is -0.150. The molecule has 1 saturated heterocycles. The Morgan fingerprint density at radius 3 is 2.53 bits per heavy atom. The van der Waals surface area contributed by atoms with Crippen LogP contribution in [0.25, 0.3) is 0 Å². The smallest absolute Gasteiger partial charge is 0.411 e. The van der Waals surface area contributed by atoms with E-state index >= 15 is 0 Å². The van der Waals surface area contributed by atoms with Crippen molar-refractivity contribution in [2.45, 2.75) is 64.6 Å². The molecule has 5 nitrogen and oxygen atoms in total. The second-order valence-electron chi connectivity index (χ2n) is 6.30. The minimum Gasteiger partial charge on any atom is -0.464 e. The maximum absolute atomic E-state index is 12.3. The molecule has 1 aliphatic heterocycles. The van der Waals surface area contributed by atoms with Crippen LogP contribution in [0.2, 0.25) is 0 Å². The number of hydrogen-bond acceptors (Lipinski definition) is 4. The maximum Gasteiger partial charge on any atom is 0.411 e. The molecule has 3 atom stereocenters. The van der Waals surface area contributed by atoms with Gasteiger partial charge in [0, 0.05) is 6.04 Å². The number of carbonyl (C=O) groups is 2. The van der Waals surface area contributed by atoms with Gasteiger partial charge in [0.15, 0.2) is 0 Å². The second kappa shape index (κ2) is 5.02. The minimum absolute atomic E-state index is 0.165. The number of hydrogen-bond donors (Lipinski definition) is 0. The second-order valence-corrected chi connectivity index (χ2v) is 6.30. The standard InChI is InChI=1S/C14H23NO4/c1-5-18-12(16)10-7-6-9-8-11(9)15(10)13(17)19-14(2,3)4/h9-11H,5-8H2,1-4H3/t9-,10+,11?/m1/s1. The Kier molecular flexibility index (Phi) is 3.74. The largest absolute Gasteiger partial charge is 0.464 e. The van der Waals surface area contributed by atoms with Crippen LogP contribution in [0.4, 0.5) is 4.79 Å². The number of piperidine rings is 1. The quantitative estimate of drug-likeness (QED) is 0.722. The summed E-state index contributed by atoms with van der Waals surface area (Å²) in [5.74, 6) is 0.233. The van der Waals surface area contributed by atoms with Crippen LogP contribution in [-0.4, -0.2) is 41.3 Å². The Bertz CT molecular complexity index is 374. The van der Waals surface area contributed by atoms with Gasteiger partial charge in [-0.15, -0.1) is 0 Å². The normalized spacial score (nSPS) is 29.5. The third-order valence-corrected chi connectivity index (χ3v) is 3.55.